The monoisotopic (exact) mass is 542 g/mol. The van der Waals surface area contributed by atoms with Gasteiger partial charge in [-0.05, 0) is 69.2 Å². The van der Waals surface area contributed by atoms with Crippen molar-refractivity contribution >= 4 is 24.3 Å². The fraction of sp³-hybridized carbons (Fsp3) is 0.375. The van der Waals surface area contributed by atoms with Crippen molar-refractivity contribution < 1.29 is 24.0 Å². The van der Waals surface area contributed by atoms with Gasteiger partial charge in [0.05, 0.1) is 13.7 Å². The van der Waals surface area contributed by atoms with Crippen molar-refractivity contribution in [2.24, 2.45) is 0 Å². The minimum atomic E-state index is -1.11. The van der Waals surface area contributed by atoms with Crippen LogP contribution in [0.25, 0.3) is 0 Å². The summed E-state index contributed by atoms with van der Waals surface area (Å²) in [5, 5.41) is 16.9. The average Bonchev–Trinajstić information content (AvgIpc) is 3.34. The summed E-state index contributed by atoms with van der Waals surface area (Å²) in [6, 6.07) is 19.0. The van der Waals surface area contributed by atoms with Gasteiger partial charge in [-0.25, -0.2) is 0 Å². The van der Waals surface area contributed by atoms with Crippen molar-refractivity contribution in [3.8, 4) is 5.75 Å². The van der Waals surface area contributed by atoms with E-state index in [2.05, 4.69) is 31.4 Å². The maximum atomic E-state index is 13.1. The van der Waals surface area contributed by atoms with Gasteiger partial charge in [0, 0.05) is 40.8 Å². The number of nitrogens with one attached hydrogen (secondary N) is 2. The number of rotatable bonds is 12. The number of aryl methyl sites for hydroxylation is 2. The molecule has 0 saturated heterocycles. The molecule has 3 aromatic carbocycles. The predicted molar refractivity (Wildman–Crippen MR) is 158 cm³/mol. The van der Waals surface area contributed by atoms with E-state index in [0.29, 0.717) is 53.0 Å². The molecular weight excluding hydrogens is 503 g/mol. The van der Waals surface area contributed by atoms with E-state index >= 15 is 0 Å². The Hall–Kier alpha value is -3.46. The van der Waals surface area contributed by atoms with Gasteiger partial charge in [-0.3, -0.25) is 9.59 Å². The van der Waals surface area contributed by atoms with Crippen LogP contribution in [0.15, 0.2) is 60.7 Å². The first kappa shape index (κ1) is 29.5. The highest BCUT2D eigenvalue weighted by molar-refractivity contribution is 6.63. The summed E-state index contributed by atoms with van der Waals surface area (Å²) in [4.78, 5) is 25.8. The number of unbranched alkanes of at least 4 members (excludes halogenated alkanes) is 1. The number of ether oxygens (including phenoxy) is 1. The Morgan fingerprint density at radius 1 is 0.975 bits per heavy atom. The lowest BCUT2D eigenvalue weighted by Gasteiger charge is -2.21. The zero-order chi connectivity index (χ0) is 28.7. The summed E-state index contributed by atoms with van der Waals surface area (Å²) < 4.78 is 11.2. The zero-order valence-corrected chi connectivity index (χ0v) is 23.9. The van der Waals surface area contributed by atoms with Crippen molar-refractivity contribution in [1.29, 1.82) is 0 Å². The van der Waals surface area contributed by atoms with Crippen molar-refractivity contribution in [3.63, 3.8) is 0 Å². The van der Waals surface area contributed by atoms with Crippen molar-refractivity contribution in [1.82, 2.24) is 10.6 Å². The molecule has 3 N–H and O–H groups in total. The van der Waals surface area contributed by atoms with Crippen LogP contribution < -0.4 is 20.8 Å². The van der Waals surface area contributed by atoms with Gasteiger partial charge < -0.3 is 25.0 Å². The summed E-state index contributed by atoms with van der Waals surface area (Å²) in [5.74, 6) is 0.431. The lowest BCUT2D eigenvalue weighted by atomic mass is 9.75. The molecule has 4 rings (SSSR count). The Labute approximate surface area is 237 Å². The normalized spacial score (nSPS) is 12.8. The second kappa shape index (κ2) is 13.3. The van der Waals surface area contributed by atoms with E-state index < -0.39 is 7.12 Å². The molecule has 1 aliphatic heterocycles. The molecule has 8 heteroatoms. The first-order valence-corrected chi connectivity index (χ1v) is 13.9. The highest BCUT2D eigenvalue weighted by Crippen LogP contribution is 2.28. The van der Waals surface area contributed by atoms with E-state index in [9.17, 15) is 14.6 Å². The number of fused-ring (bicyclic) bond motifs is 1. The van der Waals surface area contributed by atoms with Crippen LogP contribution in [-0.2, 0) is 24.1 Å². The summed E-state index contributed by atoms with van der Waals surface area (Å²) in [5.41, 5.74) is 5.14. The van der Waals surface area contributed by atoms with Crippen molar-refractivity contribution in [2.75, 3.05) is 20.2 Å². The first-order valence-electron chi connectivity index (χ1n) is 13.9. The Kier molecular flexibility index (Phi) is 9.79. The topological polar surface area (TPSA) is 96.9 Å². The molecule has 0 bridgehead atoms. The highest BCUT2D eigenvalue weighted by atomic mass is 16.5. The van der Waals surface area contributed by atoms with Gasteiger partial charge in [-0.2, -0.15) is 0 Å². The van der Waals surface area contributed by atoms with Crippen molar-refractivity contribution in [2.45, 2.75) is 58.6 Å². The molecule has 3 aromatic rings. The molecule has 1 aliphatic rings. The van der Waals surface area contributed by atoms with E-state index in [4.69, 9.17) is 9.39 Å². The van der Waals surface area contributed by atoms with Gasteiger partial charge in [0.1, 0.15) is 5.75 Å². The molecule has 40 heavy (non-hydrogen) atoms. The van der Waals surface area contributed by atoms with Crippen LogP contribution >= 0.6 is 0 Å². The second-order valence-corrected chi connectivity index (χ2v) is 11.2. The van der Waals surface area contributed by atoms with Crippen LogP contribution in [0.3, 0.4) is 0 Å². The Morgan fingerprint density at radius 3 is 2.33 bits per heavy atom. The third kappa shape index (κ3) is 7.39. The molecule has 0 saturated carbocycles. The smallest absolute Gasteiger partial charge is 0.495 e. The lowest BCUT2D eigenvalue weighted by Crippen LogP contribution is -2.41. The molecule has 0 aliphatic carbocycles. The molecule has 0 radical (unpaired) electrons. The van der Waals surface area contributed by atoms with Crippen LogP contribution in [0.2, 0.25) is 0 Å². The molecule has 1 amide bonds. The van der Waals surface area contributed by atoms with Crippen molar-refractivity contribution in [3.05, 3.63) is 94.0 Å². The third-order valence-corrected chi connectivity index (χ3v) is 7.07. The number of carbonyl (C=O) groups excluding carboxylic acids is 2. The van der Waals surface area contributed by atoms with Crippen LogP contribution in [0, 0.1) is 0 Å². The van der Waals surface area contributed by atoms with E-state index in [1.54, 1.807) is 7.11 Å². The molecule has 0 fully saturated rings. The van der Waals surface area contributed by atoms with E-state index in [1.807, 2.05) is 60.7 Å². The quantitative estimate of drug-likeness (QED) is 0.183. The molecular formula is C32H39BN2O5. The van der Waals surface area contributed by atoms with E-state index in [0.717, 1.165) is 24.8 Å². The van der Waals surface area contributed by atoms with Crippen LogP contribution in [-0.4, -0.2) is 49.6 Å². The Bertz CT molecular complexity index is 1320. The fourth-order valence-corrected chi connectivity index (χ4v) is 5.01. The number of hydrogen-bond donors (Lipinski definition) is 3. The number of ketones is 1. The molecule has 0 aromatic heterocycles. The first-order chi connectivity index (χ1) is 19.2. The number of amides is 1. The van der Waals surface area contributed by atoms with Gasteiger partial charge in [-0.1, -0.05) is 54.6 Å². The predicted octanol–water partition coefficient (Wildman–Crippen LogP) is 3.83. The Balaban J connectivity index is 1.39. The minimum Gasteiger partial charge on any atom is -0.497 e. The number of methoxy groups -OCH3 is 1. The molecule has 0 spiro atoms. The molecule has 1 heterocycles. The maximum absolute atomic E-state index is 13.1. The van der Waals surface area contributed by atoms with Gasteiger partial charge in [0.15, 0.2) is 5.78 Å². The number of carbonyl (C=O) groups is 2. The van der Waals surface area contributed by atoms with Crippen LogP contribution in [0.5, 0.6) is 5.75 Å². The van der Waals surface area contributed by atoms with Gasteiger partial charge in [0.25, 0.3) is 5.91 Å². The summed E-state index contributed by atoms with van der Waals surface area (Å²) >= 11 is 0. The van der Waals surface area contributed by atoms with Gasteiger partial charge >= 0.3 is 7.12 Å². The molecule has 0 atom stereocenters. The van der Waals surface area contributed by atoms with Gasteiger partial charge in [-0.15, -0.1) is 0 Å². The summed E-state index contributed by atoms with van der Waals surface area (Å²) in [7, 11) is 0.469. The van der Waals surface area contributed by atoms with E-state index in [1.165, 1.54) is 5.56 Å². The SMILES string of the molecule is COc1c(CCCCc2ccc(C(=O)c3ccccc3)cc2)cc(C(=O)NCCNC(C)(C)C)c2c1B(O)OC2. The lowest BCUT2D eigenvalue weighted by molar-refractivity contribution is 0.0950. The fourth-order valence-electron chi connectivity index (χ4n) is 5.01. The highest BCUT2D eigenvalue weighted by Gasteiger charge is 2.36. The summed E-state index contributed by atoms with van der Waals surface area (Å²) in [6.07, 6.45) is 3.35. The maximum Gasteiger partial charge on any atom is 0.495 e. The molecule has 0 unspecified atom stereocenters. The minimum absolute atomic E-state index is 0.0207. The molecule has 7 nitrogen and oxygen atoms in total. The van der Waals surface area contributed by atoms with Crippen LogP contribution in [0.1, 0.15) is 76.6 Å². The van der Waals surface area contributed by atoms with Crippen LogP contribution in [0.4, 0.5) is 0 Å². The van der Waals surface area contributed by atoms with E-state index in [-0.39, 0.29) is 23.8 Å². The third-order valence-electron chi connectivity index (χ3n) is 7.07. The summed E-state index contributed by atoms with van der Waals surface area (Å²) in [6.45, 7) is 7.56. The Morgan fingerprint density at radius 2 is 1.65 bits per heavy atom. The van der Waals surface area contributed by atoms with Gasteiger partial charge in [0.2, 0.25) is 0 Å². The number of hydrogen-bond acceptors (Lipinski definition) is 6. The number of benzene rings is 3. The molecule has 210 valence electrons. The second-order valence-electron chi connectivity index (χ2n) is 11.2. The average molecular weight is 542 g/mol. The standard InChI is InChI=1S/C32H39BN2O5/c1-32(2,3)35-19-18-34-31(37)26-20-25(30(39-4)28-27(26)21-40-33(28)38)13-9-8-10-22-14-16-24(17-15-22)29(36)23-11-6-5-7-12-23/h5-7,11-12,14-17,20,35,38H,8-10,13,18-19,21H2,1-4H3,(H,34,37). The zero-order valence-electron chi connectivity index (χ0n) is 23.9. The largest absolute Gasteiger partial charge is 0.497 e.